The molecule has 2 heterocycles. The summed E-state index contributed by atoms with van der Waals surface area (Å²) in [5.41, 5.74) is 0.414. The Hall–Kier alpha value is -2.85. The lowest BCUT2D eigenvalue weighted by Crippen LogP contribution is -2.09. The van der Waals surface area contributed by atoms with Crippen molar-refractivity contribution in [3.05, 3.63) is 51.4 Å². The van der Waals surface area contributed by atoms with Crippen LogP contribution in [0, 0.1) is 4.64 Å². The molecule has 0 aliphatic rings. The van der Waals surface area contributed by atoms with Gasteiger partial charge in [0.2, 0.25) is 6.41 Å². The number of hydrogen-bond donors (Lipinski definition) is 5. The predicted molar refractivity (Wildman–Crippen MR) is 94.4 cm³/mol. The van der Waals surface area contributed by atoms with E-state index in [-0.39, 0.29) is 5.56 Å². The van der Waals surface area contributed by atoms with E-state index in [1.54, 1.807) is 18.2 Å². The lowest BCUT2D eigenvalue weighted by atomic mass is 10.3. The van der Waals surface area contributed by atoms with Gasteiger partial charge in [-0.3, -0.25) is 19.8 Å². The summed E-state index contributed by atoms with van der Waals surface area (Å²) >= 11 is 6.27. The van der Waals surface area contributed by atoms with E-state index >= 15 is 0 Å². The van der Waals surface area contributed by atoms with E-state index in [1.807, 2.05) is 12.1 Å². The normalized spacial score (nSPS) is 10.3. The number of H-pyrrole nitrogens is 3. The third-order valence-electron chi connectivity index (χ3n) is 2.87. The van der Waals surface area contributed by atoms with Crippen LogP contribution < -0.4 is 16.2 Å². The fourth-order valence-electron chi connectivity index (χ4n) is 1.88. The summed E-state index contributed by atoms with van der Waals surface area (Å²) in [6, 6.07) is 10.2. The van der Waals surface area contributed by atoms with Gasteiger partial charge in [0.25, 0.3) is 5.56 Å². The second-order valence-corrected chi connectivity index (χ2v) is 6.12. The minimum absolute atomic E-state index is 0.275. The van der Waals surface area contributed by atoms with E-state index < -0.39 is 0 Å². The molecule has 1 aromatic carbocycles. The molecule has 0 saturated heterocycles. The Morgan fingerprint density at radius 3 is 2.62 bits per heavy atom. The topological polar surface area (TPSA) is 118 Å². The average Bonchev–Trinajstić information content (AvgIpc) is 2.94. The maximum atomic E-state index is 11.8. The van der Waals surface area contributed by atoms with Crippen molar-refractivity contribution < 1.29 is 4.79 Å². The van der Waals surface area contributed by atoms with E-state index in [1.165, 1.54) is 17.8 Å². The monoisotopic (exact) mass is 360 g/mol. The van der Waals surface area contributed by atoms with Crippen molar-refractivity contribution in [2.75, 3.05) is 10.6 Å². The van der Waals surface area contributed by atoms with E-state index in [0.717, 1.165) is 4.90 Å². The van der Waals surface area contributed by atoms with E-state index in [4.69, 9.17) is 12.2 Å². The SMILES string of the molecule is O=CNc1ccc(Sc2nc(Nc3cc(=S)[nH][nH]3)cc(=O)[nH]2)cc1. The Bertz CT molecular complexity index is 960. The highest BCUT2D eigenvalue weighted by Gasteiger charge is 2.05. The Balaban J connectivity index is 1.79. The van der Waals surface area contributed by atoms with Gasteiger partial charge in [0.1, 0.15) is 16.3 Å². The number of carbonyl (C=O) groups is 1. The quantitative estimate of drug-likeness (QED) is 0.262. The molecule has 8 nitrogen and oxygen atoms in total. The van der Waals surface area contributed by atoms with Gasteiger partial charge in [0.05, 0.1) is 0 Å². The molecule has 5 N–H and O–H groups in total. The molecule has 0 aliphatic carbocycles. The molecule has 0 radical (unpaired) electrons. The first kappa shape index (κ1) is 16.0. The average molecular weight is 360 g/mol. The van der Waals surface area contributed by atoms with Crippen molar-refractivity contribution >= 4 is 47.7 Å². The van der Waals surface area contributed by atoms with Crippen molar-refractivity contribution in [1.29, 1.82) is 0 Å². The molecule has 0 bridgehead atoms. The molecule has 0 aliphatic heterocycles. The highest BCUT2D eigenvalue weighted by Crippen LogP contribution is 2.26. The number of aromatic amines is 3. The zero-order valence-electron chi connectivity index (χ0n) is 12.1. The minimum Gasteiger partial charge on any atom is -0.329 e. The third kappa shape index (κ3) is 4.12. The minimum atomic E-state index is -0.275. The Labute approximate surface area is 145 Å². The third-order valence-corrected chi connectivity index (χ3v) is 3.99. The summed E-state index contributed by atoms with van der Waals surface area (Å²) in [5, 5.41) is 11.5. The number of nitrogens with one attached hydrogen (secondary N) is 5. The smallest absolute Gasteiger partial charge is 0.253 e. The van der Waals surface area contributed by atoms with Crippen LogP contribution in [0.15, 0.2) is 51.2 Å². The number of rotatable bonds is 6. The largest absolute Gasteiger partial charge is 0.329 e. The summed E-state index contributed by atoms with van der Waals surface area (Å²) < 4.78 is 0.543. The van der Waals surface area contributed by atoms with E-state index in [9.17, 15) is 9.59 Å². The van der Waals surface area contributed by atoms with Crippen LogP contribution in [0.3, 0.4) is 0 Å². The first-order chi connectivity index (χ1) is 11.6. The number of hydrogen-bond acceptors (Lipinski definition) is 6. The van der Waals surface area contributed by atoms with Gasteiger partial charge in [-0.1, -0.05) is 24.0 Å². The van der Waals surface area contributed by atoms with Crippen LogP contribution in [0.5, 0.6) is 0 Å². The number of aromatic nitrogens is 4. The molecular formula is C14H12N6O2S2. The summed E-state index contributed by atoms with van der Waals surface area (Å²) in [4.78, 5) is 30.1. The van der Waals surface area contributed by atoms with Gasteiger partial charge in [0.15, 0.2) is 5.16 Å². The van der Waals surface area contributed by atoms with Gasteiger partial charge < -0.3 is 15.6 Å². The Morgan fingerprint density at radius 1 is 1.17 bits per heavy atom. The van der Waals surface area contributed by atoms with Gasteiger partial charge in [-0.2, -0.15) is 0 Å². The van der Waals surface area contributed by atoms with Crippen LogP contribution in [0.1, 0.15) is 0 Å². The number of benzene rings is 1. The maximum absolute atomic E-state index is 11.8. The van der Waals surface area contributed by atoms with E-state index in [0.29, 0.717) is 33.5 Å². The van der Waals surface area contributed by atoms with Crippen LogP contribution in [-0.2, 0) is 4.79 Å². The van der Waals surface area contributed by atoms with Crippen molar-refractivity contribution in [1.82, 2.24) is 20.2 Å². The van der Waals surface area contributed by atoms with Gasteiger partial charge in [0, 0.05) is 22.7 Å². The first-order valence-electron chi connectivity index (χ1n) is 6.76. The summed E-state index contributed by atoms with van der Waals surface area (Å²) in [5.74, 6) is 1.00. The van der Waals surface area contributed by atoms with Crippen molar-refractivity contribution in [3.63, 3.8) is 0 Å². The second kappa shape index (κ2) is 7.15. The zero-order valence-corrected chi connectivity index (χ0v) is 13.8. The molecule has 1 amide bonds. The molecule has 2 aromatic heterocycles. The fourth-order valence-corrected chi connectivity index (χ4v) is 2.84. The van der Waals surface area contributed by atoms with Crippen LogP contribution in [0.25, 0.3) is 0 Å². The van der Waals surface area contributed by atoms with E-state index in [2.05, 4.69) is 30.8 Å². The van der Waals surface area contributed by atoms with Crippen LogP contribution >= 0.6 is 24.0 Å². The number of carbonyl (C=O) groups excluding carboxylic acids is 1. The van der Waals surface area contributed by atoms with Gasteiger partial charge >= 0.3 is 0 Å². The van der Waals surface area contributed by atoms with Gasteiger partial charge in [-0.05, 0) is 24.3 Å². The lowest BCUT2D eigenvalue weighted by Gasteiger charge is -2.06. The summed E-state index contributed by atoms with van der Waals surface area (Å²) in [6.45, 7) is 0. The lowest BCUT2D eigenvalue weighted by molar-refractivity contribution is -0.105. The van der Waals surface area contributed by atoms with Gasteiger partial charge in [-0.25, -0.2) is 4.98 Å². The molecule has 24 heavy (non-hydrogen) atoms. The summed E-state index contributed by atoms with van der Waals surface area (Å²) in [7, 11) is 0. The molecule has 3 aromatic rings. The molecule has 10 heteroatoms. The summed E-state index contributed by atoms with van der Waals surface area (Å²) in [6.07, 6.45) is 0.614. The predicted octanol–water partition coefficient (Wildman–Crippen LogP) is 2.62. The van der Waals surface area contributed by atoms with Crippen molar-refractivity contribution in [3.8, 4) is 0 Å². The Kier molecular flexibility index (Phi) is 4.77. The highest BCUT2D eigenvalue weighted by molar-refractivity contribution is 7.99. The van der Waals surface area contributed by atoms with Crippen molar-refractivity contribution in [2.24, 2.45) is 0 Å². The molecule has 0 fully saturated rings. The molecule has 0 saturated carbocycles. The first-order valence-corrected chi connectivity index (χ1v) is 7.99. The molecule has 3 rings (SSSR count). The van der Waals surface area contributed by atoms with Crippen molar-refractivity contribution in [2.45, 2.75) is 10.1 Å². The highest BCUT2D eigenvalue weighted by atomic mass is 32.2. The fraction of sp³-hybridized carbons (Fsp3) is 0. The standard InChI is InChI=1S/C14H12N6O2S2/c21-7-15-8-1-3-9(4-2-8)24-14-17-10(5-12(22)18-14)16-11-6-13(23)20-19-11/h1-7H,(H,15,21)(H4,16,17,18,19,20,22,23). The number of nitrogens with zero attached hydrogens (tertiary/aromatic N) is 1. The molecule has 0 unspecified atom stereocenters. The molecule has 0 atom stereocenters. The Morgan fingerprint density at radius 2 is 1.96 bits per heavy atom. The molecule has 122 valence electrons. The number of anilines is 3. The second-order valence-electron chi connectivity index (χ2n) is 4.62. The molecule has 0 spiro atoms. The number of amides is 1. The van der Waals surface area contributed by atoms with Crippen LogP contribution in [0.4, 0.5) is 17.3 Å². The van der Waals surface area contributed by atoms with Gasteiger partial charge in [-0.15, -0.1) is 0 Å². The molecular weight excluding hydrogens is 348 g/mol. The zero-order chi connectivity index (χ0) is 16.9. The maximum Gasteiger partial charge on any atom is 0.253 e. The van der Waals surface area contributed by atoms with Crippen LogP contribution in [0.2, 0.25) is 0 Å². The van der Waals surface area contributed by atoms with Crippen LogP contribution in [-0.4, -0.2) is 26.6 Å².